The molecule has 0 bridgehead atoms. The molecular formula is C9H7N3O2. The third-order valence-corrected chi connectivity index (χ3v) is 1.56. The van der Waals surface area contributed by atoms with Crippen molar-refractivity contribution in [1.29, 1.82) is 0 Å². The maximum absolute atomic E-state index is 11.3. The molecule has 0 unspecified atom stereocenters. The molecule has 0 saturated heterocycles. The van der Waals surface area contributed by atoms with Gasteiger partial charge in [0.15, 0.2) is 0 Å². The highest BCUT2D eigenvalue weighted by Crippen LogP contribution is 2.08. The van der Waals surface area contributed by atoms with E-state index >= 15 is 0 Å². The van der Waals surface area contributed by atoms with Crippen molar-refractivity contribution in [3.05, 3.63) is 42.7 Å². The van der Waals surface area contributed by atoms with Crippen LogP contribution in [0.3, 0.4) is 0 Å². The van der Waals surface area contributed by atoms with Crippen LogP contribution in [0.2, 0.25) is 0 Å². The lowest BCUT2D eigenvalue weighted by Crippen LogP contribution is -2.17. The Balaban J connectivity index is 2.10. The van der Waals surface area contributed by atoms with Crippen LogP contribution in [0.1, 0.15) is 0 Å². The van der Waals surface area contributed by atoms with Crippen LogP contribution >= 0.6 is 0 Å². The summed E-state index contributed by atoms with van der Waals surface area (Å²) in [5, 5.41) is 7.00. The van der Waals surface area contributed by atoms with Crippen LogP contribution in [0, 0.1) is 0 Å². The average molecular weight is 189 g/mol. The molecule has 1 aromatic heterocycles. The molecule has 1 heterocycles. The van der Waals surface area contributed by atoms with E-state index in [-0.39, 0.29) is 0 Å². The van der Waals surface area contributed by atoms with Crippen LogP contribution in [0.4, 0.5) is 4.79 Å². The van der Waals surface area contributed by atoms with E-state index in [4.69, 9.17) is 4.74 Å². The summed E-state index contributed by atoms with van der Waals surface area (Å²) >= 11 is 0. The summed E-state index contributed by atoms with van der Waals surface area (Å²) < 4.78 is 6.00. The maximum Gasteiger partial charge on any atom is 0.441 e. The molecule has 0 aliphatic carbocycles. The van der Waals surface area contributed by atoms with Gasteiger partial charge in [-0.1, -0.05) is 23.4 Å². The Bertz CT molecular complexity index is 411. The number of carbonyl (C=O) groups excluding carboxylic acids is 1. The Kier molecular flexibility index (Phi) is 2.22. The van der Waals surface area contributed by atoms with Gasteiger partial charge in [0, 0.05) is 0 Å². The smallest absolute Gasteiger partial charge is 0.409 e. The molecule has 1 aromatic carbocycles. The summed E-state index contributed by atoms with van der Waals surface area (Å²) in [7, 11) is 0. The minimum Gasteiger partial charge on any atom is -0.409 e. The molecule has 0 spiro atoms. The quantitative estimate of drug-likeness (QED) is 0.678. The van der Waals surface area contributed by atoms with Gasteiger partial charge in [0.1, 0.15) is 5.75 Å². The van der Waals surface area contributed by atoms with Gasteiger partial charge < -0.3 is 4.74 Å². The fourth-order valence-electron chi connectivity index (χ4n) is 0.942. The van der Waals surface area contributed by atoms with Crippen molar-refractivity contribution in [3.8, 4) is 5.75 Å². The van der Waals surface area contributed by atoms with Gasteiger partial charge in [-0.2, -0.15) is 4.68 Å². The Labute approximate surface area is 79.9 Å². The van der Waals surface area contributed by atoms with Crippen molar-refractivity contribution < 1.29 is 9.53 Å². The molecule has 0 saturated carbocycles. The summed E-state index contributed by atoms with van der Waals surface area (Å²) in [6.45, 7) is 0. The van der Waals surface area contributed by atoms with Crippen LogP contribution in [0.5, 0.6) is 5.75 Å². The van der Waals surface area contributed by atoms with Gasteiger partial charge in [0.25, 0.3) is 0 Å². The zero-order chi connectivity index (χ0) is 9.80. The Morgan fingerprint density at radius 3 is 2.71 bits per heavy atom. The molecule has 0 amide bonds. The van der Waals surface area contributed by atoms with Gasteiger partial charge in [-0.15, -0.1) is 5.10 Å². The van der Waals surface area contributed by atoms with Crippen molar-refractivity contribution in [2.24, 2.45) is 0 Å². The fraction of sp³-hybridized carbons (Fsp3) is 0. The van der Waals surface area contributed by atoms with Crippen LogP contribution in [0.15, 0.2) is 42.7 Å². The first-order valence-electron chi connectivity index (χ1n) is 4.00. The summed E-state index contributed by atoms with van der Waals surface area (Å²) in [6.07, 6.45) is 2.26. The highest BCUT2D eigenvalue weighted by atomic mass is 16.6. The van der Waals surface area contributed by atoms with Gasteiger partial charge in [0.2, 0.25) is 0 Å². The number of para-hydroxylation sites is 1. The van der Waals surface area contributed by atoms with Crippen LogP contribution in [-0.4, -0.2) is 21.1 Å². The molecular weight excluding hydrogens is 182 g/mol. The number of benzene rings is 1. The van der Waals surface area contributed by atoms with Crippen molar-refractivity contribution in [2.45, 2.75) is 0 Å². The minimum absolute atomic E-state index is 0.480. The monoisotopic (exact) mass is 189 g/mol. The Hall–Kier alpha value is -2.17. The number of carbonyl (C=O) groups is 1. The van der Waals surface area contributed by atoms with Crippen molar-refractivity contribution in [2.75, 3.05) is 0 Å². The van der Waals surface area contributed by atoms with E-state index in [0.717, 1.165) is 4.68 Å². The third-order valence-electron chi connectivity index (χ3n) is 1.56. The van der Waals surface area contributed by atoms with Crippen molar-refractivity contribution in [1.82, 2.24) is 15.0 Å². The summed E-state index contributed by atoms with van der Waals surface area (Å²) in [5.74, 6) is 0.480. The first-order chi connectivity index (χ1) is 6.86. The number of ether oxygens (including phenoxy) is 1. The van der Waals surface area contributed by atoms with Crippen LogP contribution in [-0.2, 0) is 0 Å². The van der Waals surface area contributed by atoms with Crippen LogP contribution in [0.25, 0.3) is 0 Å². The largest absolute Gasteiger partial charge is 0.441 e. The predicted molar refractivity (Wildman–Crippen MR) is 47.9 cm³/mol. The summed E-state index contributed by atoms with van der Waals surface area (Å²) in [5.41, 5.74) is 0. The van der Waals surface area contributed by atoms with Crippen LogP contribution < -0.4 is 4.74 Å². The van der Waals surface area contributed by atoms with Gasteiger partial charge in [-0.3, -0.25) is 0 Å². The van der Waals surface area contributed by atoms with E-state index in [2.05, 4.69) is 10.3 Å². The first-order valence-corrected chi connectivity index (χ1v) is 4.00. The Morgan fingerprint density at radius 1 is 1.29 bits per heavy atom. The number of hydrogen-bond donors (Lipinski definition) is 0. The second kappa shape index (κ2) is 3.69. The van der Waals surface area contributed by atoms with E-state index in [1.807, 2.05) is 6.07 Å². The van der Waals surface area contributed by atoms with Gasteiger partial charge in [0.05, 0.1) is 12.4 Å². The molecule has 14 heavy (non-hydrogen) atoms. The molecule has 2 aromatic rings. The lowest BCUT2D eigenvalue weighted by molar-refractivity contribution is 0.198. The third kappa shape index (κ3) is 1.77. The first kappa shape index (κ1) is 8.43. The lowest BCUT2D eigenvalue weighted by atomic mass is 10.3. The normalized spacial score (nSPS) is 9.71. The molecule has 0 atom stereocenters. The zero-order valence-corrected chi connectivity index (χ0v) is 7.20. The number of aromatic nitrogens is 3. The van der Waals surface area contributed by atoms with Gasteiger partial charge >= 0.3 is 6.09 Å². The fourth-order valence-corrected chi connectivity index (χ4v) is 0.942. The molecule has 5 nitrogen and oxygen atoms in total. The van der Waals surface area contributed by atoms with E-state index in [1.54, 1.807) is 24.3 Å². The number of hydrogen-bond acceptors (Lipinski definition) is 4. The maximum atomic E-state index is 11.3. The SMILES string of the molecule is O=C(Oc1ccccc1)n1ccnn1. The van der Waals surface area contributed by atoms with Crippen molar-refractivity contribution in [3.63, 3.8) is 0 Å². The molecule has 0 fully saturated rings. The number of rotatable bonds is 1. The van der Waals surface area contributed by atoms with E-state index < -0.39 is 6.09 Å². The van der Waals surface area contributed by atoms with E-state index in [0.29, 0.717) is 5.75 Å². The molecule has 0 aliphatic rings. The molecule has 2 rings (SSSR count). The lowest BCUT2D eigenvalue weighted by Gasteiger charge is -2.01. The highest BCUT2D eigenvalue weighted by Gasteiger charge is 2.06. The highest BCUT2D eigenvalue weighted by molar-refractivity contribution is 5.71. The summed E-state index contributed by atoms with van der Waals surface area (Å²) in [6, 6.07) is 8.78. The molecule has 0 N–H and O–H groups in total. The molecule has 70 valence electrons. The Morgan fingerprint density at radius 2 is 2.07 bits per heavy atom. The van der Waals surface area contributed by atoms with Crippen molar-refractivity contribution >= 4 is 6.09 Å². The predicted octanol–water partition coefficient (Wildman–Crippen LogP) is 1.33. The summed E-state index contributed by atoms with van der Waals surface area (Å²) in [4.78, 5) is 11.3. The minimum atomic E-state index is -0.575. The van der Waals surface area contributed by atoms with E-state index in [1.165, 1.54) is 12.4 Å². The average Bonchev–Trinajstić information content (AvgIpc) is 2.72. The molecule has 0 radical (unpaired) electrons. The topological polar surface area (TPSA) is 57.0 Å². The molecule has 0 aliphatic heterocycles. The standard InChI is InChI=1S/C9H7N3O2/c13-9(12-7-6-10-11-12)14-8-4-2-1-3-5-8/h1-7H. The second-order valence-corrected chi connectivity index (χ2v) is 2.53. The zero-order valence-electron chi connectivity index (χ0n) is 7.20. The van der Waals surface area contributed by atoms with Gasteiger partial charge in [-0.25, -0.2) is 4.79 Å². The van der Waals surface area contributed by atoms with E-state index in [9.17, 15) is 4.79 Å². The second-order valence-electron chi connectivity index (χ2n) is 2.53. The molecule has 5 heteroatoms. The van der Waals surface area contributed by atoms with Gasteiger partial charge in [-0.05, 0) is 12.1 Å². The number of nitrogens with zero attached hydrogens (tertiary/aromatic N) is 3.